The van der Waals surface area contributed by atoms with Crippen molar-refractivity contribution >= 4 is 117 Å². The summed E-state index contributed by atoms with van der Waals surface area (Å²) in [6, 6.07) is 6.11. The molecule has 842 valence electrons. The van der Waals surface area contributed by atoms with Crippen molar-refractivity contribution in [2.75, 3.05) is 108 Å². The highest BCUT2D eigenvalue weighted by Gasteiger charge is 2.35. The average Bonchev–Trinajstić information content (AvgIpc) is 0.848. The Morgan fingerprint density at radius 1 is 0.431 bits per heavy atom. The van der Waals surface area contributed by atoms with Gasteiger partial charge in [-0.15, -0.1) is 12.4 Å². The molecule has 0 radical (unpaired) electrons. The number of methoxy groups -OCH3 is 6. The Labute approximate surface area is 859 Å². The zero-order valence-electron chi connectivity index (χ0n) is 90.7. The van der Waals surface area contributed by atoms with Crippen LogP contribution in [-0.2, 0) is 130 Å². The highest BCUT2D eigenvalue weighted by atomic mass is 35.5. The standard InChI is InChI=1S/C19H30N2O2.C14H29NO8S2.C14H25NO6.C12H24N2O2.C12H21NO6.C12H25NO4.C7H13NO4.C5H9NO4.ClH/c1-5-15-11-17(20-18(22)23-19(2,3)4)14-21(12-15)13-16-9-7-6-8-10-16;1-7-11(9-21-24(5,17)18)8-12(10-22-25(6,19)20)15-13(16)23-14(2,3)4;1-7-9(11(16)19-5)8-10(12(17)20-6)15-13(18)21-14(2,3)4;1-5-9-6-10(8-13-7-9)14-11(15)16-12(2,3)4;1-12(2,3)19-11(16)13-8(10(15)18-5)6-7-9(14)17-4;1-5-9(7-14)6-10(8-15)13-11(16)17-12(2,3)4;1-11-6(9)4-3-5(8)7(10)12-2;6-3(5(9)10)1-2-4(7)8;/h6-10,15,17H,5,11-14H2,1-4H3,(H,20,22);11-12H,7-10H2,1-6H3,(H,15,16);9-10H,7-8H2,1-6H3,(H,15,18);9-10,13H,5-8H2,1-4H3,(H,14,15);8H,6-7H2,1-5H3,(H,13,16);9-10,14-15H,5-8H2,1-4H3,(H,13,16);5H,3-4,8H2,1-2H3;3H,1-2,6H2,(H,7,8)(H,9,10);1H/t15-,17-;11-,12-;2*9-,10-;8-;9-,10-;5-;3-;/m00000000./s1. The van der Waals surface area contributed by atoms with Crippen LogP contribution in [0, 0.1) is 29.6 Å². The topological polar surface area (TPSA) is 657 Å². The number of nitrogens with two attached hydrogens (primary N) is 2. The Morgan fingerprint density at radius 3 is 1.19 bits per heavy atom. The first kappa shape index (κ1) is 145. The van der Waals surface area contributed by atoms with Crippen LogP contribution in [0.25, 0.3) is 0 Å². The maximum absolute atomic E-state index is 12.0. The number of carboxylic acid groups (broad SMARTS) is 2. The Bertz CT molecular complexity index is 4100. The van der Waals surface area contributed by atoms with Crippen molar-refractivity contribution in [3.8, 4) is 0 Å². The van der Waals surface area contributed by atoms with Crippen LogP contribution in [0.15, 0.2) is 30.3 Å². The third kappa shape index (κ3) is 85.7. The van der Waals surface area contributed by atoms with Gasteiger partial charge < -0.3 is 126 Å². The van der Waals surface area contributed by atoms with Gasteiger partial charge in [-0.25, -0.2) is 38.4 Å². The molecule has 1 aromatic rings. The number of carbonyl (C=O) groups excluding carboxylic acids is 12. The molecule has 3 rings (SSSR count). The van der Waals surface area contributed by atoms with E-state index in [1.165, 1.54) is 48.2 Å². The summed E-state index contributed by atoms with van der Waals surface area (Å²) in [4.78, 5) is 160. The van der Waals surface area contributed by atoms with Crippen molar-refractivity contribution in [2.24, 2.45) is 41.1 Å². The van der Waals surface area contributed by atoms with Crippen LogP contribution in [0.4, 0.5) is 28.8 Å². The minimum absolute atomic E-state index is 0. The molecule has 2 saturated heterocycles. The molecule has 0 aromatic heterocycles. The Morgan fingerprint density at radius 2 is 0.812 bits per heavy atom. The molecule has 1 aromatic carbocycles. The number of esters is 6. The SMILES string of the molecule is CC[C@@H](C[C@H](NC(=O)OC(C)(C)C)C(=O)OC)C(=O)OC.CC[C@@H]1CNC[C@@H](NC(=O)OC(C)(C)C)C1.CC[C@H](CO)C[C@@H](CO)NC(=O)OC(C)(C)C.CC[C@H](COS(C)(=O)=O)C[C@@H](COS(C)(=O)=O)NC(=O)OC(C)(C)C.CC[C@H]1C[C@H](NC(=O)OC(C)(C)C)CN(Cc2ccccc2)C1.COC(=O)CC[C@H](N)C(=O)OC.COC(=O)CC[C@H](NC(=O)OC(C)(C)C)C(=O)OC.Cl.N[C@@H](CCC(=O)O)C(=O)O. The molecule has 2 aliphatic heterocycles. The minimum Gasteiger partial charge on any atom is -0.481 e. The van der Waals surface area contributed by atoms with E-state index in [1.807, 2.05) is 61.5 Å². The number of piperidine rings is 2. The molecule has 2 aliphatic rings. The maximum atomic E-state index is 12.0. The molecule has 46 nitrogen and oxygen atoms in total. The highest BCUT2D eigenvalue weighted by molar-refractivity contribution is 7.86. The lowest BCUT2D eigenvalue weighted by atomic mass is 9.92. The number of hydrogen-bond acceptors (Lipinski definition) is 38. The summed E-state index contributed by atoms with van der Waals surface area (Å²) in [6.45, 7) is 46.3. The molecule has 0 spiro atoms. The van der Waals surface area contributed by atoms with Crippen LogP contribution in [0.3, 0.4) is 0 Å². The number of carbonyl (C=O) groups is 14. The second kappa shape index (κ2) is 75.2. The molecule has 2 fully saturated rings. The van der Waals surface area contributed by atoms with E-state index in [9.17, 15) is 84.0 Å². The molecule has 0 aliphatic carbocycles. The van der Waals surface area contributed by atoms with Gasteiger partial charge in [0, 0.05) is 64.1 Å². The van der Waals surface area contributed by atoms with Gasteiger partial charge in [0.25, 0.3) is 20.2 Å². The molecular formula is C95H177ClN10O36S2. The highest BCUT2D eigenvalue weighted by Crippen LogP contribution is 2.25. The molecule has 6 amide bonds. The van der Waals surface area contributed by atoms with Gasteiger partial charge in [0.2, 0.25) is 0 Å². The Hall–Kier alpha value is -9.53. The fourth-order valence-electron chi connectivity index (χ4n) is 12.3. The minimum atomic E-state index is -3.69. The molecule has 13 atom stereocenters. The summed E-state index contributed by atoms with van der Waals surface area (Å²) in [7, 11) is 0.196. The van der Waals surface area contributed by atoms with E-state index in [2.05, 4.69) is 109 Å². The van der Waals surface area contributed by atoms with Gasteiger partial charge in [-0.05, 0) is 218 Å². The zero-order chi connectivity index (χ0) is 112. The monoisotopic (exact) mass is 2130 g/mol. The number of benzene rings is 1. The van der Waals surface area contributed by atoms with E-state index in [1.54, 1.807) is 90.0 Å². The second-order valence-electron chi connectivity index (χ2n) is 39.6. The van der Waals surface area contributed by atoms with Gasteiger partial charge >= 0.3 is 84.3 Å². The zero-order valence-corrected chi connectivity index (χ0v) is 93.2. The lowest BCUT2D eigenvalue weighted by Gasteiger charge is -2.38. The number of aliphatic carboxylic acids is 2. The van der Waals surface area contributed by atoms with Gasteiger partial charge in [0.05, 0.1) is 93.0 Å². The van der Waals surface area contributed by atoms with Crippen LogP contribution in [0.1, 0.15) is 268 Å². The van der Waals surface area contributed by atoms with Crippen LogP contribution < -0.4 is 48.7 Å². The van der Waals surface area contributed by atoms with Crippen LogP contribution in [0.5, 0.6) is 0 Å². The Kier molecular flexibility index (Phi) is 75.8. The molecule has 49 heteroatoms. The molecule has 0 unspecified atom stereocenters. The predicted octanol–water partition coefficient (Wildman–Crippen LogP) is 10.0. The molecule has 0 bridgehead atoms. The molecule has 2 heterocycles. The van der Waals surface area contributed by atoms with E-state index >= 15 is 0 Å². The fraction of sp³-hybridized carbons (Fsp3) is 0.789. The summed E-state index contributed by atoms with van der Waals surface area (Å²) >= 11 is 0. The van der Waals surface area contributed by atoms with E-state index < -0.39 is 156 Å². The summed E-state index contributed by atoms with van der Waals surface area (Å²) in [5, 5.41) is 53.7. The van der Waals surface area contributed by atoms with Crippen molar-refractivity contribution in [1.29, 1.82) is 0 Å². The Balaban J connectivity index is -0.000000382. The lowest BCUT2D eigenvalue weighted by Crippen LogP contribution is -2.51. The third-order valence-electron chi connectivity index (χ3n) is 19.4. The summed E-state index contributed by atoms with van der Waals surface area (Å²) in [5.41, 5.74) is 8.18. The molecular weight excluding hydrogens is 1960 g/mol. The number of alkyl carbamates (subject to hydrolysis) is 6. The number of halogens is 1. The van der Waals surface area contributed by atoms with Gasteiger partial charge in [-0.3, -0.25) is 42.0 Å². The molecule has 15 N–H and O–H groups in total. The first-order valence-corrected chi connectivity index (χ1v) is 51.1. The van der Waals surface area contributed by atoms with E-state index in [0.717, 1.165) is 77.3 Å². The summed E-state index contributed by atoms with van der Waals surface area (Å²) < 4.78 is 112. The number of ether oxygens (including phenoxy) is 12. The van der Waals surface area contributed by atoms with Crippen molar-refractivity contribution in [1.82, 2.24) is 42.1 Å². The molecule has 144 heavy (non-hydrogen) atoms. The van der Waals surface area contributed by atoms with Crippen LogP contribution in [0.2, 0.25) is 0 Å². The number of carboxylic acids is 2. The number of nitrogens with one attached hydrogen (secondary N) is 7. The first-order chi connectivity index (χ1) is 65.7. The van der Waals surface area contributed by atoms with Crippen molar-refractivity contribution in [2.45, 2.75) is 350 Å². The van der Waals surface area contributed by atoms with Crippen LogP contribution in [-0.4, -0.2) is 316 Å². The number of nitrogens with zero attached hydrogens (tertiary/aromatic N) is 1. The number of hydrogen-bond donors (Lipinski definition) is 13. The first-order valence-electron chi connectivity index (χ1n) is 47.4. The number of rotatable bonds is 41. The summed E-state index contributed by atoms with van der Waals surface area (Å²) in [6.07, 6.45) is 5.86. The normalized spacial score (nSPS) is 16.5. The van der Waals surface area contributed by atoms with Crippen molar-refractivity contribution in [3.05, 3.63) is 35.9 Å². The van der Waals surface area contributed by atoms with Gasteiger partial charge in [0.1, 0.15) is 57.8 Å². The number of likely N-dealkylation sites (tertiary alicyclic amines) is 1. The second-order valence-corrected chi connectivity index (χ2v) is 42.9. The third-order valence-corrected chi connectivity index (χ3v) is 20.5. The van der Waals surface area contributed by atoms with E-state index in [-0.39, 0.29) is 138 Å². The fourth-order valence-corrected chi connectivity index (χ4v) is 13.1. The summed E-state index contributed by atoms with van der Waals surface area (Å²) in [5.74, 6) is -4.64. The number of amides is 6. The van der Waals surface area contributed by atoms with Gasteiger partial charge in [-0.2, -0.15) is 16.8 Å². The maximum Gasteiger partial charge on any atom is 0.408 e. The van der Waals surface area contributed by atoms with Crippen molar-refractivity contribution < 1.29 is 170 Å². The van der Waals surface area contributed by atoms with Gasteiger partial charge in [0.15, 0.2) is 0 Å². The van der Waals surface area contributed by atoms with Crippen LogP contribution >= 0.6 is 12.4 Å². The lowest BCUT2D eigenvalue weighted by molar-refractivity contribution is -0.149. The smallest absolute Gasteiger partial charge is 0.408 e. The van der Waals surface area contributed by atoms with Crippen molar-refractivity contribution in [3.63, 3.8) is 0 Å². The van der Waals surface area contributed by atoms with Gasteiger partial charge in [-0.1, -0.05) is 90.6 Å². The number of aliphatic hydroxyl groups excluding tert-OH is 2. The molecule has 0 saturated carbocycles. The van der Waals surface area contributed by atoms with E-state index in [0.29, 0.717) is 31.1 Å². The van der Waals surface area contributed by atoms with E-state index in [4.69, 9.17) is 68.7 Å². The predicted molar refractivity (Wildman–Crippen MR) is 540 cm³/mol. The number of aliphatic hydroxyl groups is 2. The largest absolute Gasteiger partial charge is 0.481 e. The average molecular weight is 2140 g/mol. The quantitative estimate of drug-likeness (QED) is 0.0165.